The van der Waals surface area contributed by atoms with Gasteiger partial charge in [0.15, 0.2) is 0 Å². The number of aryl methyl sites for hydroxylation is 1. The maximum absolute atomic E-state index is 12.6. The first-order chi connectivity index (χ1) is 9.70. The Morgan fingerprint density at radius 1 is 1.05 bits per heavy atom. The zero-order chi connectivity index (χ0) is 15.8. The number of nitrogens with two attached hydrogens (primary N) is 1. The molecule has 0 aliphatic carbocycles. The van der Waals surface area contributed by atoms with Gasteiger partial charge >= 0.3 is 0 Å². The van der Waals surface area contributed by atoms with Gasteiger partial charge in [0.25, 0.3) is 10.0 Å². The first kappa shape index (κ1) is 16.8. The molecule has 0 aliphatic rings. The molecule has 0 bridgehead atoms. The molecule has 0 saturated heterocycles. The maximum atomic E-state index is 12.6. The van der Waals surface area contributed by atoms with Crippen molar-refractivity contribution in [1.82, 2.24) is 0 Å². The first-order valence-corrected chi connectivity index (χ1v) is 9.60. The highest BCUT2D eigenvalue weighted by molar-refractivity contribution is 9.11. The van der Waals surface area contributed by atoms with Crippen molar-refractivity contribution in [3.63, 3.8) is 0 Å². The van der Waals surface area contributed by atoms with Crippen molar-refractivity contribution >= 4 is 69.2 Å². The predicted octanol–water partition coefficient (Wildman–Crippen LogP) is 4.67. The Hall–Kier alpha value is -0.570. The third kappa shape index (κ3) is 3.80. The molecule has 4 nitrogen and oxygen atoms in total. The van der Waals surface area contributed by atoms with Crippen LogP contribution in [-0.4, -0.2) is 8.42 Å². The van der Waals surface area contributed by atoms with Crippen molar-refractivity contribution in [2.75, 3.05) is 10.5 Å². The smallest absolute Gasteiger partial charge is 0.265 e. The van der Waals surface area contributed by atoms with Crippen LogP contribution in [0.25, 0.3) is 0 Å². The van der Waals surface area contributed by atoms with Crippen LogP contribution in [0.3, 0.4) is 0 Å². The molecule has 0 atom stereocenters. The molecule has 2 aromatic rings. The molecule has 2 rings (SSSR count). The number of nitrogens with one attached hydrogen (secondary N) is 1. The van der Waals surface area contributed by atoms with Gasteiger partial charge in [0.2, 0.25) is 0 Å². The lowest BCUT2D eigenvalue weighted by atomic mass is 10.2. The fourth-order valence-corrected chi connectivity index (χ4v) is 5.32. The summed E-state index contributed by atoms with van der Waals surface area (Å²) in [6.07, 6.45) is 0. The summed E-state index contributed by atoms with van der Waals surface area (Å²) in [4.78, 5) is 0.0186. The van der Waals surface area contributed by atoms with Gasteiger partial charge in [0.05, 0.1) is 11.4 Å². The van der Waals surface area contributed by atoms with E-state index < -0.39 is 10.0 Å². The van der Waals surface area contributed by atoms with Crippen molar-refractivity contribution in [3.05, 3.63) is 49.3 Å². The predicted molar refractivity (Wildman–Crippen MR) is 95.9 cm³/mol. The lowest BCUT2D eigenvalue weighted by Crippen LogP contribution is -2.16. The van der Waals surface area contributed by atoms with Gasteiger partial charge in [-0.05, 0) is 52.7 Å². The summed E-state index contributed by atoms with van der Waals surface area (Å²) in [6.45, 7) is 1.82. The van der Waals surface area contributed by atoms with Crippen molar-refractivity contribution in [3.8, 4) is 0 Å². The summed E-state index contributed by atoms with van der Waals surface area (Å²) in [5.41, 5.74) is 7.32. The van der Waals surface area contributed by atoms with Crippen LogP contribution < -0.4 is 10.5 Å². The molecule has 8 heteroatoms. The molecular weight excluding hydrogens is 488 g/mol. The van der Waals surface area contributed by atoms with E-state index in [1.165, 1.54) is 0 Å². The van der Waals surface area contributed by atoms with Crippen LogP contribution in [-0.2, 0) is 10.0 Å². The van der Waals surface area contributed by atoms with Crippen LogP contribution in [0.5, 0.6) is 0 Å². The quantitative estimate of drug-likeness (QED) is 0.604. The summed E-state index contributed by atoms with van der Waals surface area (Å²) < 4.78 is 29.6. The topological polar surface area (TPSA) is 72.2 Å². The summed E-state index contributed by atoms with van der Waals surface area (Å²) in [6, 6.07) is 8.56. The largest absolute Gasteiger partial charge is 0.398 e. The lowest BCUT2D eigenvalue weighted by Gasteiger charge is -2.14. The van der Waals surface area contributed by atoms with Gasteiger partial charge in [-0.25, -0.2) is 8.42 Å². The monoisotopic (exact) mass is 496 g/mol. The molecule has 0 unspecified atom stereocenters. The number of benzene rings is 2. The number of anilines is 2. The van der Waals surface area contributed by atoms with Gasteiger partial charge in [-0.2, -0.15) is 0 Å². The Morgan fingerprint density at radius 2 is 1.71 bits per heavy atom. The number of nitrogen functional groups attached to an aromatic ring is 1. The molecule has 2 aromatic carbocycles. The molecular formula is C13H11Br3N2O2S. The normalized spacial score (nSPS) is 11.4. The van der Waals surface area contributed by atoms with E-state index in [1.807, 2.05) is 19.1 Å². The minimum absolute atomic E-state index is 0.0186. The highest BCUT2D eigenvalue weighted by Gasteiger charge is 2.22. The molecule has 0 spiro atoms. The summed E-state index contributed by atoms with van der Waals surface area (Å²) in [7, 11) is -3.79. The molecule has 21 heavy (non-hydrogen) atoms. The van der Waals surface area contributed by atoms with Crippen LogP contribution in [0.1, 0.15) is 5.56 Å². The van der Waals surface area contributed by atoms with Crippen molar-refractivity contribution < 1.29 is 8.42 Å². The molecule has 0 amide bonds. The number of rotatable bonds is 3. The Bertz CT molecular complexity index is 784. The van der Waals surface area contributed by atoms with Crippen LogP contribution in [0.2, 0.25) is 0 Å². The lowest BCUT2D eigenvalue weighted by molar-refractivity contribution is 0.601. The second-order valence-corrected chi connectivity index (χ2v) is 8.68. The SMILES string of the molecule is Cc1ccc(Br)cc1NS(=O)(=O)c1c(N)cc(Br)cc1Br. The molecule has 3 N–H and O–H groups in total. The third-order valence-corrected chi connectivity index (χ3v) is 6.07. The highest BCUT2D eigenvalue weighted by Crippen LogP contribution is 2.33. The van der Waals surface area contributed by atoms with E-state index in [4.69, 9.17) is 5.73 Å². The van der Waals surface area contributed by atoms with Gasteiger partial charge in [-0.15, -0.1) is 0 Å². The van der Waals surface area contributed by atoms with E-state index >= 15 is 0 Å². The van der Waals surface area contributed by atoms with Gasteiger partial charge in [-0.1, -0.05) is 37.9 Å². The Kier molecular flexibility index (Phi) is 5.02. The van der Waals surface area contributed by atoms with Crippen LogP contribution in [0.15, 0.2) is 48.6 Å². The average molecular weight is 499 g/mol. The minimum atomic E-state index is -3.79. The Balaban J connectivity index is 2.51. The fraction of sp³-hybridized carbons (Fsp3) is 0.0769. The van der Waals surface area contributed by atoms with E-state index in [9.17, 15) is 8.42 Å². The van der Waals surface area contributed by atoms with Gasteiger partial charge in [0.1, 0.15) is 4.90 Å². The highest BCUT2D eigenvalue weighted by atomic mass is 79.9. The van der Waals surface area contributed by atoms with E-state index in [2.05, 4.69) is 52.5 Å². The van der Waals surface area contributed by atoms with E-state index in [0.29, 0.717) is 14.6 Å². The molecule has 0 heterocycles. The van der Waals surface area contributed by atoms with E-state index in [0.717, 1.165) is 10.0 Å². The van der Waals surface area contributed by atoms with Crippen molar-refractivity contribution in [2.45, 2.75) is 11.8 Å². The zero-order valence-electron chi connectivity index (χ0n) is 10.8. The van der Waals surface area contributed by atoms with Gasteiger partial charge in [-0.3, -0.25) is 4.72 Å². The second-order valence-electron chi connectivity index (χ2n) is 4.37. The van der Waals surface area contributed by atoms with Crippen molar-refractivity contribution in [1.29, 1.82) is 0 Å². The number of hydrogen-bond acceptors (Lipinski definition) is 3. The van der Waals surface area contributed by atoms with Gasteiger partial charge in [0, 0.05) is 13.4 Å². The van der Waals surface area contributed by atoms with Crippen molar-refractivity contribution in [2.24, 2.45) is 0 Å². The third-order valence-electron chi connectivity index (χ3n) is 2.75. The maximum Gasteiger partial charge on any atom is 0.265 e. The number of sulfonamides is 1. The molecule has 0 aromatic heterocycles. The molecule has 0 fully saturated rings. The van der Waals surface area contributed by atoms with Crippen LogP contribution in [0.4, 0.5) is 11.4 Å². The summed E-state index contributed by atoms with van der Waals surface area (Å²) >= 11 is 9.84. The van der Waals surface area contributed by atoms with Gasteiger partial charge < -0.3 is 5.73 Å². The summed E-state index contributed by atoms with van der Waals surface area (Å²) in [5, 5.41) is 0. The summed E-state index contributed by atoms with van der Waals surface area (Å²) in [5.74, 6) is 0. The molecule has 0 radical (unpaired) electrons. The first-order valence-electron chi connectivity index (χ1n) is 5.74. The van der Waals surface area contributed by atoms with E-state index in [-0.39, 0.29) is 10.6 Å². The standard InChI is InChI=1S/C13H11Br3N2O2S/c1-7-2-3-8(14)6-12(7)18-21(19,20)13-10(16)4-9(15)5-11(13)17/h2-6,18H,17H2,1H3. The molecule has 0 aliphatic heterocycles. The molecule has 112 valence electrons. The Labute approximate surface area is 148 Å². The molecule has 0 saturated carbocycles. The minimum Gasteiger partial charge on any atom is -0.398 e. The number of hydrogen-bond donors (Lipinski definition) is 2. The Morgan fingerprint density at radius 3 is 2.33 bits per heavy atom. The van der Waals surface area contributed by atoms with E-state index in [1.54, 1.807) is 18.2 Å². The number of halogens is 3. The zero-order valence-corrected chi connectivity index (χ0v) is 16.4. The van der Waals surface area contributed by atoms with Crippen LogP contribution >= 0.6 is 47.8 Å². The second kappa shape index (κ2) is 6.28. The fourth-order valence-electron chi connectivity index (χ4n) is 1.76. The van der Waals surface area contributed by atoms with Crippen LogP contribution in [0, 0.1) is 6.92 Å². The average Bonchev–Trinajstić information content (AvgIpc) is 2.31.